The van der Waals surface area contributed by atoms with E-state index >= 15 is 0 Å². The van der Waals surface area contributed by atoms with Gasteiger partial charge in [-0.05, 0) is 0 Å². The predicted octanol–water partition coefficient (Wildman–Crippen LogP) is -0.986. The van der Waals surface area contributed by atoms with E-state index in [1.54, 1.807) is 0 Å². The minimum Gasteiger partial charge on any atom is -1.00 e. The summed E-state index contributed by atoms with van der Waals surface area (Å²) in [4.78, 5) is 0. The van der Waals surface area contributed by atoms with Gasteiger partial charge >= 0.3 is 48.9 Å². The van der Waals surface area contributed by atoms with Crippen LogP contribution in [0.2, 0.25) is 0 Å². The van der Waals surface area contributed by atoms with Crippen molar-refractivity contribution in [3.63, 3.8) is 0 Å². The van der Waals surface area contributed by atoms with E-state index < -0.39 is 0 Å². The maximum Gasteiger partial charge on any atom is 2.00 e. The molecule has 0 aromatic heterocycles. The van der Waals surface area contributed by atoms with Crippen molar-refractivity contribution in [2.45, 2.75) is 0 Å². The number of rotatable bonds is 0. The van der Waals surface area contributed by atoms with Gasteiger partial charge in [0.05, 0.1) is 0 Å². The zero-order chi connectivity index (χ0) is 0. The first kappa shape index (κ1) is 29.8. The van der Waals surface area contributed by atoms with Gasteiger partial charge in [-0.15, -0.1) is 0 Å². The molecule has 0 saturated carbocycles. The summed E-state index contributed by atoms with van der Waals surface area (Å²) in [6, 6.07) is 0. The van der Waals surface area contributed by atoms with Gasteiger partial charge in [0.1, 0.15) is 0 Å². The molecule has 0 saturated heterocycles. The van der Waals surface area contributed by atoms with E-state index in [1.807, 2.05) is 0 Å². The standard InChI is InChI=1S/Ba.Cu.H2O.Re.2H/h;;1H2;;;/q+2;;;;2*-1. The Morgan fingerprint density at radius 1 is 1.25 bits per heavy atom. The van der Waals surface area contributed by atoms with Crippen LogP contribution in [-0.4, -0.2) is 54.4 Å². The summed E-state index contributed by atoms with van der Waals surface area (Å²) in [6.07, 6.45) is 0. The summed E-state index contributed by atoms with van der Waals surface area (Å²) in [5, 5.41) is 0. The summed E-state index contributed by atoms with van der Waals surface area (Å²) in [7, 11) is 0. The van der Waals surface area contributed by atoms with Crippen LogP contribution in [0.3, 0.4) is 0 Å². The minimum atomic E-state index is 0. The molecule has 0 bridgehead atoms. The second kappa shape index (κ2) is 17.2. The van der Waals surface area contributed by atoms with E-state index in [1.165, 1.54) is 0 Å². The van der Waals surface area contributed by atoms with E-state index in [0.717, 1.165) is 0 Å². The molecule has 2 N–H and O–H groups in total. The molecule has 0 unspecified atom stereocenters. The van der Waals surface area contributed by atoms with Crippen LogP contribution in [0.1, 0.15) is 2.85 Å². The van der Waals surface area contributed by atoms with Crippen LogP contribution < -0.4 is 0 Å². The van der Waals surface area contributed by atoms with Crippen LogP contribution in [0.15, 0.2) is 0 Å². The molecule has 0 aromatic carbocycles. The monoisotopic (exact) mass is 408 g/mol. The third kappa shape index (κ3) is 8.83. The average Bonchev–Trinajstić information content (AvgIpc) is 0. The summed E-state index contributed by atoms with van der Waals surface area (Å²) in [5.41, 5.74) is 0. The van der Waals surface area contributed by atoms with Crippen molar-refractivity contribution in [3.8, 4) is 0 Å². The molecule has 2 radical (unpaired) electrons. The molecule has 0 aliphatic rings. The first-order valence-corrected chi connectivity index (χ1v) is 0. The van der Waals surface area contributed by atoms with Crippen LogP contribution >= 0.6 is 0 Å². The van der Waals surface area contributed by atoms with Crippen molar-refractivity contribution in [2.75, 3.05) is 0 Å². The fourth-order valence-corrected chi connectivity index (χ4v) is 0. The molecular formula is H4BaCuORe. The van der Waals surface area contributed by atoms with Crippen molar-refractivity contribution in [1.82, 2.24) is 0 Å². The predicted molar refractivity (Wildman–Crippen MR) is 11.6 cm³/mol. The number of hydrogen-bond donors (Lipinski definition) is 0. The first-order chi connectivity index (χ1) is 0. The summed E-state index contributed by atoms with van der Waals surface area (Å²) in [5.74, 6) is 0. The van der Waals surface area contributed by atoms with Gasteiger partial charge in [0.25, 0.3) is 0 Å². The summed E-state index contributed by atoms with van der Waals surface area (Å²) >= 11 is 0. The van der Waals surface area contributed by atoms with Crippen molar-refractivity contribution in [3.05, 3.63) is 0 Å². The fourth-order valence-electron chi connectivity index (χ4n) is 0. The molecule has 0 aliphatic heterocycles. The van der Waals surface area contributed by atoms with Crippen LogP contribution in [0.25, 0.3) is 0 Å². The Morgan fingerprint density at radius 2 is 1.25 bits per heavy atom. The van der Waals surface area contributed by atoms with E-state index in [9.17, 15) is 0 Å². The second-order valence-corrected chi connectivity index (χ2v) is 0. The molecule has 0 atom stereocenters. The van der Waals surface area contributed by atoms with Crippen molar-refractivity contribution in [2.24, 2.45) is 0 Å². The summed E-state index contributed by atoms with van der Waals surface area (Å²) in [6.45, 7) is 0. The minimum absolute atomic E-state index is 0. The fraction of sp³-hybridized carbons (Fsp3) is 0. The van der Waals surface area contributed by atoms with Gasteiger partial charge in [-0.2, -0.15) is 0 Å². The van der Waals surface area contributed by atoms with E-state index in [-0.39, 0.29) is 94.7 Å². The Labute approximate surface area is 92.8 Å². The smallest absolute Gasteiger partial charge is 1.00 e. The van der Waals surface area contributed by atoms with E-state index in [0.29, 0.717) is 0 Å². The van der Waals surface area contributed by atoms with Crippen LogP contribution in [0.4, 0.5) is 0 Å². The molecule has 4 heteroatoms. The van der Waals surface area contributed by atoms with Gasteiger partial charge in [0.2, 0.25) is 0 Å². The van der Waals surface area contributed by atoms with E-state index in [2.05, 4.69) is 0 Å². The van der Waals surface area contributed by atoms with Crippen molar-refractivity contribution < 1.29 is 45.8 Å². The molecule has 30 valence electrons. The van der Waals surface area contributed by atoms with Crippen LogP contribution in [-0.2, 0) is 37.5 Å². The topological polar surface area (TPSA) is 31.5 Å². The number of hydrogen-bond acceptors (Lipinski definition) is 0. The SMILES string of the molecule is O.[Ba+2].[Cu].[H-].[H-].[Re]. The molecule has 0 rings (SSSR count). The quantitative estimate of drug-likeness (QED) is 0.463. The van der Waals surface area contributed by atoms with Crippen LogP contribution in [0.5, 0.6) is 0 Å². The average molecular weight is 407 g/mol. The third-order valence-corrected chi connectivity index (χ3v) is 0. The van der Waals surface area contributed by atoms with Gasteiger partial charge in [-0.1, -0.05) is 0 Å². The Hall–Kier alpha value is 2.71. The zero-order valence-corrected chi connectivity index (χ0v) is 9.98. The molecule has 1 nitrogen and oxygen atoms in total. The van der Waals surface area contributed by atoms with E-state index in [4.69, 9.17) is 0 Å². The molecule has 0 amide bonds. The largest absolute Gasteiger partial charge is 2.00 e. The molecule has 0 heterocycles. The molecule has 0 fully saturated rings. The van der Waals surface area contributed by atoms with Gasteiger partial charge in [-0.3, -0.25) is 0 Å². The Bertz CT molecular complexity index is 13.5. The van der Waals surface area contributed by atoms with Crippen molar-refractivity contribution >= 4 is 48.9 Å². The maximum absolute atomic E-state index is 0. The first-order valence-electron chi connectivity index (χ1n) is 0. The molecule has 0 aromatic rings. The van der Waals surface area contributed by atoms with Gasteiger partial charge < -0.3 is 8.33 Å². The maximum atomic E-state index is 0. The van der Waals surface area contributed by atoms with Gasteiger partial charge in [0, 0.05) is 37.5 Å². The molecule has 0 spiro atoms. The zero-order valence-electron chi connectivity index (χ0n) is 3.89. The van der Waals surface area contributed by atoms with Crippen LogP contribution in [0, 0.1) is 0 Å². The normalized spacial score (nSPS) is 0. The van der Waals surface area contributed by atoms with Crippen molar-refractivity contribution in [1.29, 1.82) is 0 Å². The third-order valence-electron chi connectivity index (χ3n) is 0. The second-order valence-electron chi connectivity index (χ2n) is 0. The Kier molecular flexibility index (Phi) is 128. The Morgan fingerprint density at radius 3 is 1.25 bits per heavy atom. The summed E-state index contributed by atoms with van der Waals surface area (Å²) < 4.78 is 0. The van der Waals surface area contributed by atoms with Gasteiger partial charge in [-0.25, -0.2) is 0 Å². The van der Waals surface area contributed by atoms with Gasteiger partial charge in [0.15, 0.2) is 0 Å². The Balaban J connectivity index is 0. The molecular weight excluding hydrogens is 403 g/mol. The molecule has 0 aliphatic carbocycles. The molecule has 4 heavy (non-hydrogen) atoms.